The number of nitrogens with zero attached hydrogens (tertiary/aromatic N) is 4. The van der Waals surface area contributed by atoms with Gasteiger partial charge in [-0.2, -0.15) is 0 Å². The minimum absolute atomic E-state index is 0.0280. The zero-order valence-electron chi connectivity index (χ0n) is 12.8. The van der Waals surface area contributed by atoms with Crippen LogP contribution in [-0.2, 0) is 20.8 Å². The molecule has 1 aliphatic rings. The lowest BCUT2D eigenvalue weighted by atomic mass is 9.89. The fraction of sp³-hybridized carbons (Fsp3) is 0.846. The number of hydrogen-bond acceptors (Lipinski definition) is 6. The number of rotatable bonds is 6. The maximum atomic E-state index is 10.8. The van der Waals surface area contributed by atoms with Gasteiger partial charge in [0.15, 0.2) is 5.82 Å². The first kappa shape index (κ1) is 15.8. The Balaban J connectivity index is 2.16. The Morgan fingerprint density at radius 2 is 2.14 bits per heavy atom. The van der Waals surface area contributed by atoms with Gasteiger partial charge in [0, 0.05) is 7.11 Å². The summed E-state index contributed by atoms with van der Waals surface area (Å²) in [5, 5.41) is 20.7. The summed E-state index contributed by atoms with van der Waals surface area (Å²) in [6.45, 7) is 6.48. The van der Waals surface area contributed by atoms with Gasteiger partial charge in [-0.3, -0.25) is 4.79 Å². The molecule has 0 saturated carbocycles. The SMILES string of the molecule is COC(CC(=O)O)Cn1nnnc1C1C(C)OC(C)C1C. The van der Waals surface area contributed by atoms with Crippen LogP contribution in [0.2, 0.25) is 0 Å². The Morgan fingerprint density at radius 1 is 1.43 bits per heavy atom. The highest BCUT2D eigenvalue weighted by atomic mass is 16.5. The second kappa shape index (κ2) is 6.48. The molecule has 2 rings (SSSR count). The number of carboxylic acid groups (broad SMARTS) is 1. The van der Waals surface area contributed by atoms with Gasteiger partial charge in [-0.15, -0.1) is 5.10 Å². The van der Waals surface area contributed by atoms with Crippen molar-refractivity contribution < 1.29 is 19.4 Å². The summed E-state index contributed by atoms with van der Waals surface area (Å²) in [5.41, 5.74) is 0. The smallest absolute Gasteiger partial charge is 0.306 e. The third-order valence-electron chi connectivity index (χ3n) is 4.21. The Morgan fingerprint density at radius 3 is 2.67 bits per heavy atom. The van der Waals surface area contributed by atoms with Crippen molar-refractivity contribution >= 4 is 5.97 Å². The van der Waals surface area contributed by atoms with Gasteiger partial charge in [-0.1, -0.05) is 6.92 Å². The molecule has 0 amide bonds. The summed E-state index contributed by atoms with van der Waals surface area (Å²) >= 11 is 0. The Kier molecular flexibility index (Phi) is 4.89. The molecule has 5 atom stereocenters. The molecule has 8 nitrogen and oxygen atoms in total. The average Bonchev–Trinajstić information content (AvgIpc) is 2.94. The molecule has 21 heavy (non-hydrogen) atoms. The predicted octanol–water partition coefficient (Wildman–Crippen LogP) is 0.690. The number of ether oxygens (including phenoxy) is 2. The van der Waals surface area contributed by atoms with E-state index in [1.165, 1.54) is 7.11 Å². The molecular formula is C13H22N4O4. The number of methoxy groups -OCH3 is 1. The molecule has 0 spiro atoms. The molecule has 0 radical (unpaired) electrons. The molecule has 8 heteroatoms. The van der Waals surface area contributed by atoms with Crippen LogP contribution >= 0.6 is 0 Å². The highest BCUT2D eigenvalue weighted by Gasteiger charge is 2.41. The van der Waals surface area contributed by atoms with Crippen molar-refractivity contribution in [1.29, 1.82) is 0 Å². The third-order valence-corrected chi connectivity index (χ3v) is 4.21. The van der Waals surface area contributed by atoms with Crippen LogP contribution in [-0.4, -0.2) is 56.7 Å². The van der Waals surface area contributed by atoms with Crippen molar-refractivity contribution in [3.63, 3.8) is 0 Å². The minimum Gasteiger partial charge on any atom is -0.481 e. The maximum absolute atomic E-state index is 10.8. The standard InChI is InChI=1S/C13H22N4O4/c1-7-8(2)21-9(3)12(7)13-14-15-16-17(13)6-10(20-4)5-11(18)19/h7-10,12H,5-6H2,1-4H3,(H,18,19). The van der Waals surface area contributed by atoms with Gasteiger partial charge in [-0.05, 0) is 30.2 Å². The van der Waals surface area contributed by atoms with Crippen LogP contribution in [0.4, 0.5) is 0 Å². The number of hydrogen-bond donors (Lipinski definition) is 1. The van der Waals surface area contributed by atoms with Crippen molar-refractivity contribution in [2.75, 3.05) is 7.11 Å². The van der Waals surface area contributed by atoms with Gasteiger partial charge in [-0.25, -0.2) is 4.68 Å². The van der Waals surface area contributed by atoms with Crippen LogP contribution < -0.4 is 0 Å². The number of tetrazole rings is 1. The molecule has 1 aromatic rings. The van der Waals surface area contributed by atoms with E-state index in [2.05, 4.69) is 22.4 Å². The highest BCUT2D eigenvalue weighted by Crippen LogP contribution is 2.38. The second-order valence-corrected chi connectivity index (χ2v) is 5.61. The lowest BCUT2D eigenvalue weighted by Gasteiger charge is -2.19. The molecule has 1 aromatic heterocycles. The molecule has 1 N–H and O–H groups in total. The van der Waals surface area contributed by atoms with Gasteiger partial charge in [0.05, 0.1) is 37.2 Å². The number of aromatic nitrogens is 4. The number of aliphatic carboxylic acids is 1. The van der Waals surface area contributed by atoms with Gasteiger partial charge in [0.1, 0.15) is 0 Å². The molecule has 0 bridgehead atoms. The molecule has 0 aromatic carbocycles. The molecule has 0 aliphatic carbocycles. The summed E-state index contributed by atoms with van der Waals surface area (Å²) in [7, 11) is 1.49. The first-order valence-corrected chi connectivity index (χ1v) is 7.10. The maximum Gasteiger partial charge on any atom is 0.306 e. The Bertz CT molecular complexity index is 492. The van der Waals surface area contributed by atoms with E-state index in [0.29, 0.717) is 12.5 Å². The van der Waals surface area contributed by atoms with E-state index in [4.69, 9.17) is 14.6 Å². The van der Waals surface area contributed by atoms with E-state index < -0.39 is 12.1 Å². The van der Waals surface area contributed by atoms with Gasteiger partial charge >= 0.3 is 5.97 Å². The largest absolute Gasteiger partial charge is 0.481 e. The van der Waals surface area contributed by atoms with Crippen molar-refractivity contribution in [3.8, 4) is 0 Å². The molecule has 1 saturated heterocycles. The molecule has 118 valence electrons. The van der Waals surface area contributed by atoms with Crippen LogP contribution in [0, 0.1) is 5.92 Å². The molecule has 1 fully saturated rings. The third kappa shape index (κ3) is 3.38. The van der Waals surface area contributed by atoms with E-state index in [1.807, 2.05) is 13.8 Å². The Labute approximate surface area is 123 Å². The van der Waals surface area contributed by atoms with E-state index in [9.17, 15) is 4.79 Å². The Hall–Kier alpha value is -1.54. The van der Waals surface area contributed by atoms with E-state index in [1.54, 1.807) is 4.68 Å². The molecule has 2 heterocycles. The summed E-state index contributed by atoms with van der Waals surface area (Å²) in [6.07, 6.45) is -0.374. The topological polar surface area (TPSA) is 99.4 Å². The van der Waals surface area contributed by atoms with Gasteiger partial charge in [0.25, 0.3) is 0 Å². The predicted molar refractivity (Wildman–Crippen MR) is 72.8 cm³/mol. The van der Waals surface area contributed by atoms with Crippen molar-refractivity contribution in [1.82, 2.24) is 20.2 Å². The zero-order valence-corrected chi connectivity index (χ0v) is 12.8. The van der Waals surface area contributed by atoms with Crippen LogP contribution in [0.25, 0.3) is 0 Å². The lowest BCUT2D eigenvalue weighted by molar-refractivity contribution is -0.140. The summed E-state index contributed by atoms with van der Waals surface area (Å²) in [5.74, 6) is 0.213. The van der Waals surface area contributed by atoms with Gasteiger partial charge in [0.2, 0.25) is 0 Å². The van der Waals surface area contributed by atoms with Crippen LogP contribution in [0.3, 0.4) is 0 Å². The zero-order chi connectivity index (χ0) is 15.6. The van der Waals surface area contributed by atoms with Crippen molar-refractivity contribution in [3.05, 3.63) is 5.82 Å². The first-order valence-electron chi connectivity index (χ1n) is 7.10. The second-order valence-electron chi connectivity index (χ2n) is 5.61. The molecule has 1 aliphatic heterocycles. The number of carbonyl (C=O) groups is 1. The average molecular weight is 298 g/mol. The normalized spacial score (nSPS) is 30.5. The first-order chi connectivity index (χ1) is 9.93. The fourth-order valence-electron chi connectivity index (χ4n) is 2.90. The van der Waals surface area contributed by atoms with E-state index >= 15 is 0 Å². The minimum atomic E-state index is -0.906. The van der Waals surface area contributed by atoms with E-state index in [-0.39, 0.29) is 24.5 Å². The number of carboxylic acids is 1. The molecule has 5 unspecified atom stereocenters. The van der Waals surface area contributed by atoms with Gasteiger partial charge < -0.3 is 14.6 Å². The van der Waals surface area contributed by atoms with Crippen LogP contribution in [0.5, 0.6) is 0 Å². The summed E-state index contributed by atoms with van der Waals surface area (Å²) < 4.78 is 12.7. The quantitative estimate of drug-likeness (QED) is 0.824. The lowest BCUT2D eigenvalue weighted by Crippen LogP contribution is -2.27. The van der Waals surface area contributed by atoms with Crippen molar-refractivity contribution in [2.24, 2.45) is 5.92 Å². The highest BCUT2D eigenvalue weighted by molar-refractivity contribution is 5.67. The van der Waals surface area contributed by atoms with Crippen molar-refractivity contribution in [2.45, 2.75) is 58.0 Å². The van der Waals surface area contributed by atoms with Crippen LogP contribution in [0.1, 0.15) is 38.9 Å². The van der Waals surface area contributed by atoms with E-state index in [0.717, 1.165) is 5.82 Å². The van der Waals surface area contributed by atoms with Crippen LogP contribution in [0.15, 0.2) is 0 Å². The monoisotopic (exact) mass is 298 g/mol. The summed E-state index contributed by atoms with van der Waals surface area (Å²) in [4.78, 5) is 10.8. The fourth-order valence-corrected chi connectivity index (χ4v) is 2.90. The molecular weight excluding hydrogens is 276 g/mol. The summed E-state index contributed by atoms with van der Waals surface area (Å²) in [6, 6.07) is 0.